The van der Waals surface area contributed by atoms with Crippen molar-refractivity contribution in [1.82, 2.24) is 4.98 Å². The molecule has 1 aromatic carbocycles. The Kier molecular flexibility index (Phi) is 4.20. The van der Waals surface area contributed by atoms with Gasteiger partial charge in [-0.2, -0.15) is 0 Å². The Balaban J connectivity index is 2.53. The molecule has 0 saturated heterocycles. The zero-order chi connectivity index (χ0) is 14.5. The first-order valence-electron chi connectivity index (χ1n) is 6.23. The summed E-state index contributed by atoms with van der Waals surface area (Å²) < 4.78 is 10.6. The van der Waals surface area contributed by atoms with Gasteiger partial charge < -0.3 is 15.2 Å². The highest BCUT2D eigenvalue weighted by atomic mass is 16.5. The van der Waals surface area contributed by atoms with Crippen molar-refractivity contribution in [3.63, 3.8) is 0 Å². The lowest BCUT2D eigenvalue weighted by atomic mass is 10.0. The maximum atomic E-state index is 11.5. The van der Waals surface area contributed by atoms with Crippen LogP contribution in [0.5, 0.6) is 11.6 Å². The summed E-state index contributed by atoms with van der Waals surface area (Å²) >= 11 is 0. The summed E-state index contributed by atoms with van der Waals surface area (Å²) in [5.74, 6) is 0.442. The molecule has 0 aliphatic heterocycles. The number of carbonyl (C=O) groups is 1. The van der Waals surface area contributed by atoms with Gasteiger partial charge in [0.25, 0.3) is 5.91 Å². The Morgan fingerprint density at radius 2 is 2.15 bits per heavy atom. The third kappa shape index (κ3) is 2.71. The molecule has 104 valence electrons. The molecule has 1 aromatic heterocycles. The Morgan fingerprint density at radius 1 is 1.35 bits per heavy atom. The van der Waals surface area contributed by atoms with Crippen LogP contribution in [-0.4, -0.2) is 24.6 Å². The fraction of sp³-hybridized carbons (Fsp3) is 0.200. The number of amides is 1. The zero-order valence-corrected chi connectivity index (χ0v) is 11.4. The number of pyridine rings is 1. The maximum Gasteiger partial charge on any atom is 0.252 e. The molecule has 5 heteroatoms. The van der Waals surface area contributed by atoms with Crippen LogP contribution in [-0.2, 0) is 0 Å². The largest absolute Gasteiger partial charge is 0.493 e. The van der Waals surface area contributed by atoms with E-state index >= 15 is 0 Å². The average molecular weight is 272 g/mol. The van der Waals surface area contributed by atoms with Crippen LogP contribution in [0.25, 0.3) is 11.1 Å². The smallest absolute Gasteiger partial charge is 0.252 e. The number of ether oxygens (including phenoxy) is 2. The van der Waals surface area contributed by atoms with E-state index in [-0.39, 0.29) is 0 Å². The molecule has 0 bridgehead atoms. The van der Waals surface area contributed by atoms with E-state index in [4.69, 9.17) is 15.2 Å². The lowest BCUT2D eigenvalue weighted by Crippen LogP contribution is -2.13. The average Bonchev–Trinajstić information content (AvgIpc) is 2.47. The van der Waals surface area contributed by atoms with Gasteiger partial charge in [-0.05, 0) is 36.8 Å². The fourth-order valence-electron chi connectivity index (χ4n) is 1.94. The van der Waals surface area contributed by atoms with Gasteiger partial charge in [-0.25, -0.2) is 4.98 Å². The number of rotatable bonds is 5. The lowest BCUT2D eigenvalue weighted by molar-refractivity contribution is 0.0996. The minimum atomic E-state index is -0.529. The standard InChI is InChI=1S/C15H16N2O3/c1-3-20-13-7-6-10(9-12(13)14(16)18)11-5-4-8-17-15(11)19-2/h4-9H,3H2,1-2H3,(H2,16,18). The molecule has 1 heterocycles. The third-order valence-electron chi connectivity index (χ3n) is 2.82. The summed E-state index contributed by atoms with van der Waals surface area (Å²) in [6.45, 7) is 2.32. The fourth-order valence-corrected chi connectivity index (χ4v) is 1.94. The Bertz CT molecular complexity index is 626. The molecule has 0 aliphatic rings. The van der Waals surface area contributed by atoms with E-state index < -0.39 is 5.91 Å². The van der Waals surface area contributed by atoms with E-state index in [0.29, 0.717) is 23.8 Å². The van der Waals surface area contributed by atoms with Crippen LogP contribution < -0.4 is 15.2 Å². The minimum absolute atomic E-state index is 0.343. The van der Waals surface area contributed by atoms with Crippen LogP contribution in [0, 0.1) is 0 Å². The highest BCUT2D eigenvalue weighted by Gasteiger charge is 2.13. The summed E-state index contributed by atoms with van der Waals surface area (Å²) in [6.07, 6.45) is 1.64. The summed E-state index contributed by atoms with van der Waals surface area (Å²) in [5, 5.41) is 0. The first-order valence-corrected chi connectivity index (χ1v) is 6.23. The SMILES string of the molecule is CCOc1ccc(-c2cccnc2OC)cc1C(N)=O. The van der Waals surface area contributed by atoms with Gasteiger partial charge in [-0.1, -0.05) is 6.07 Å². The van der Waals surface area contributed by atoms with Crippen molar-refractivity contribution >= 4 is 5.91 Å². The van der Waals surface area contributed by atoms with E-state index in [1.807, 2.05) is 19.1 Å². The Morgan fingerprint density at radius 3 is 2.80 bits per heavy atom. The van der Waals surface area contributed by atoms with Gasteiger partial charge in [0.1, 0.15) is 5.75 Å². The Labute approximate surface area is 117 Å². The van der Waals surface area contributed by atoms with E-state index in [1.165, 1.54) is 0 Å². The van der Waals surface area contributed by atoms with Gasteiger partial charge in [-0.15, -0.1) is 0 Å². The number of nitrogens with two attached hydrogens (primary N) is 1. The van der Waals surface area contributed by atoms with Gasteiger partial charge in [0, 0.05) is 11.8 Å². The molecule has 0 radical (unpaired) electrons. The highest BCUT2D eigenvalue weighted by Crippen LogP contribution is 2.31. The topological polar surface area (TPSA) is 74.4 Å². The molecule has 2 rings (SSSR count). The molecule has 0 saturated carbocycles. The van der Waals surface area contributed by atoms with Crippen LogP contribution in [0.15, 0.2) is 36.5 Å². The number of aromatic nitrogens is 1. The van der Waals surface area contributed by atoms with Crippen molar-refractivity contribution in [1.29, 1.82) is 0 Å². The van der Waals surface area contributed by atoms with Gasteiger partial charge in [-0.3, -0.25) is 4.79 Å². The van der Waals surface area contributed by atoms with E-state index in [2.05, 4.69) is 4.98 Å². The summed E-state index contributed by atoms with van der Waals surface area (Å²) in [4.78, 5) is 15.7. The van der Waals surface area contributed by atoms with Gasteiger partial charge in [0.15, 0.2) is 0 Å². The number of nitrogens with zero attached hydrogens (tertiary/aromatic N) is 1. The predicted molar refractivity (Wildman–Crippen MR) is 75.9 cm³/mol. The molecule has 2 aromatic rings. The lowest BCUT2D eigenvalue weighted by Gasteiger charge is -2.11. The molecule has 0 aliphatic carbocycles. The predicted octanol–water partition coefficient (Wildman–Crippen LogP) is 2.25. The van der Waals surface area contributed by atoms with Crippen molar-refractivity contribution < 1.29 is 14.3 Å². The van der Waals surface area contributed by atoms with E-state index in [9.17, 15) is 4.79 Å². The second kappa shape index (κ2) is 6.06. The van der Waals surface area contributed by atoms with Crippen LogP contribution in [0.3, 0.4) is 0 Å². The monoisotopic (exact) mass is 272 g/mol. The van der Waals surface area contributed by atoms with Crippen LogP contribution in [0.2, 0.25) is 0 Å². The molecule has 1 amide bonds. The van der Waals surface area contributed by atoms with Gasteiger partial charge >= 0.3 is 0 Å². The normalized spacial score (nSPS) is 10.1. The maximum absolute atomic E-state index is 11.5. The van der Waals surface area contributed by atoms with Crippen LogP contribution in [0.1, 0.15) is 17.3 Å². The number of benzene rings is 1. The third-order valence-corrected chi connectivity index (χ3v) is 2.82. The van der Waals surface area contributed by atoms with Crippen molar-refractivity contribution in [2.45, 2.75) is 6.92 Å². The molecular formula is C15H16N2O3. The summed E-state index contributed by atoms with van der Waals surface area (Å²) in [5.41, 5.74) is 7.33. The number of primary amides is 1. The van der Waals surface area contributed by atoms with Gasteiger partial charge in [0.2, 0.25) is 5.88 Å². The second-order valence-electron chi connectivity index (χ2n) is 4.07. The summed E-state index contributed by atoms with van der Waals surface area (Å²) in [6, 6.07) is 8.93. The quantitative estimate of drug-likeness (QED) is 0.906. The highest BCUT2D eigenvalue weighted by molar-refractivity contribution is 5.97. The number of hydrogen-bond acceptors (Lipinski definition) is 4. The van der Waals surface area contributed by atoms with E-state index in [1.54, 1.807) is 31.5 Å². The second-order valence-corrected chi connectivity index (χ2v) is 4.07. The van der Waals surface area contributed by atoms with Crippen molar-refractivity contribution in [2.24, 2.45) is 5.73 Å². The zero-order valence-electron chi connectivity index (χ0n) is 11.4. The number of hydrogen-bond donors (Lipinski definition) is 1. The minimum Gasteiger partial charge on any atom is -0.493 e. The van der Waals surface area contributed by atoms with Crippen molar-refractivity contribution in [3.8, 4) is 22.8 Å². The van der Waals surface area contributed by atoms with Crippen molar-refractivity contribution in [3.05, 3.63) is 42.1 Å². The van der Waals surface area contributed by atoms with Gasteiger partial charge in [0.05, 0.1) is 19.3 Å². The van der Waals surface area contributed by atoms with Crippen LogP contribution >= 0.6 is 0 Å². The molecule has 0 atom stereocenters. The molecular weight excluding hydrogens is 256 g/mol. The summed E-state index contributed by atoms with van der Waals surface area (Å²) in [7, 11) is 1.55. The molecule has 0 fully saturated rings. The Hall–Kier alpha value is -2.56. The molecule has 2 N–H and O–H groups in total. The first-order chi connectivity index (χ1) is 9.67. The molecule has 0 unspecified atom stereocenters. The van der Waals surface area contributed by atoms with Crippen molar-refractivity contribution in [2.75, 3.05) is 13.7 Å². The molecule has 5 nitrogen and oxygen atoms in total. The van der Waals surface area contributed by atoms with E-state index in [0.717, 1.165) is 11.1 Å². The molecule has 20 heavy (non-hydrogen) atoms. The first kappa shape index (κ1) is 13.9. The number of carbonyl (C=O) groups excluding carboxylic acids is 1. The molecule has 0 spiro atoms. The number of methoxy groups -OCH3 is 1. The van der Waals surface area contributed by atoms with Crippen LogP contribution in [0.4, 0.5) is 0 Å².